The Bertz CT molecular complexity index is 1090. The number of rotatable bonds is 7. The summed E-state index contributed by atoms with van der Waals surface area (Å²) in [6, 6.07) is 6.99. The monoisotopic (exact) mass is 487 g/mol. The Labute approximate surface area is 199 Å². The Balaban J connectivity index is 1.32. The molecule has 2 fully saturated rings. The highest BCUT2D eigenvalue weighted by Gasteiger charge is 2.34. The van der Waals surface area contributed by atoms with Crippen LogP contribution in [0.4, 0.5) is 21.3 Å². The van der Waals surface area contributed by atoms with Crippen molar-refractivity contribution < 1.29 is 28.7 Å². The molecule has 2 aromatic rings. The second-order valence-corrected chi connectivity index (χ2v) is 8.95. The molecule has 12 heteroatoms. The van der Waals surface area contributed by atoms with E-state index in [4.69, 9.17) is 15.2 Å². The summed E-state index contributed by atoms with van der Waals surface area (Å²) in [6.07, 6.45) is 1.02. The highest BCUT2D eigenvalue weighted by Crippen LogP contribution is 2.29. The van der Waals surface area contributed by atoms with E-state index in [0.29, 0.717) is 41.0 Å². The first-order chi connectivity index (χ1) is 16.4. The van der Waals surface area contributed by atoms with E-state index >= 15 is 0 Å². The van der Waals surface area contributed by atoms with Crippen molar-refractivity contribution in [1.82, 2.24) is 10.3 Å². The first-order valence-electron chi connectivity index (χ1n) is 10.9. The first-order valence-corrected chi connectivity index (χ1v) is 11.7. The zero-order valence-electron chi connectivity index (χ0n) is 18.6. The van der Waals surface area contributed by atoms with Crippen molar-refractivity contribution in [3.63, 3.8) is 0 Å². The number of nitrogens with two attached hydrogens (primary N) is 1. The Morgan fingerprint density at radius 3 is 2.56 bits per heavy atom. The summed E-state index contributed by atoms with van der Waals surface area (Å²) >= 11 is 1.08. The molecule has 0 spiro atoms. The number of carbonyl (C=O) groups is 4. The quantitative estimate of drug-likeness (QED) is 0.563. The summed E-state index contributed by atoms with van der Waals surface area (Å²) < 4.78 is 10.4. The lowest BCUT2D eigenvalue weighted by Crippen LogP contribution is -2.41. The second kappa shape index (κ2) is 10.1. The number of nitrogens with one attached hydrogen (secondary N) is 1. The van der Waals surface area contributed by atoms with Crippen molar-refractivity contribution in [2.45, 2.75) is 25.9 Å². The van der Waals surface area contributed by atoms with Crippen LogP contribution in [0.5, 0.6) is 0 Å². The van der Waals surface area contributed by atoms with Gasteiger partial charge in [-0.25, -0.2) is 9.78 Å². The van der Waals surface area contributed by atoms with E-state index in [9.17, 15) is 19.2 Å². The smallest absolute Gasteiger partial charge is 0.414 e. The molecular formula is C22H25N5O6S. The van der Waals surface area contributed by atoms with Crippen LogP contribution in [0.15, 0.2) is 30.5 Å². The second-order valence-electron chi connectivity index (χ2n) is 7.89. The maximum atomic E-state index is 12.6. The molecule has 0 bridgehead atoms. The number of ether oxygens (including phenoxy) is 2. The molecule has 3 heterocycles. The lowest BCUT2D eigenvalue weighted by atomic mass is 9.96. The third-order valence-electron chi connectivity index (χ3n) is 5.63. The number of cyclic esters (lactones) is 1. The lowest BCUT2D eigenvalue weighted by Gasteiger charge is -2.31. The molecule has 1 aromatic heterocycles. The number of esters is 1. The molecule has 1 aromatic carbocycles. The number of thiazole rings is 1. The van der Waals surface area contributed by atoms with E-state index in [1.165, 1.54) is 11.1 Å². The maximum absolute atomic E-state index is 12.6. The molecule has 2 saturated heterocycles. The van der Waals surface area contributed by atoms with Crippen LogP contribution in [0.2, 0.25) is 0 Å². The molecule has 3 amide bonds. The summed E-state index contributed by atoms with van der Waals surface area (Å²) in [5, 5.41) is 3.02. The fourth-order valence-electron chi connectivity index (χ4n) is 3.90. The van der Waals surface area contributed by atoms with Gasteiger partial charge in [0.05, 0.1) is 31.8 Å². The summed E-state index contributed by atoms with van der Waals surface area (Å²) in [7, 11) is 0. The number of hydrogen-bond donors (Lipinski definition) is 2. The van der Waals surface area contributed by atoms with Gasteiger partial charge in [0, 0.05) is 24.3 Å². The van der Waals surface area contributed by atoms with Gasteiger partial charge in [-0.15, -0.1) is 0 Å². The van der Waals surface area contributed by atoms with E-state index < -0.39 is 18.1 Å². The van der Waals surface area contributed by atoms with Crippen LogP contribution >= 0.6 is 11.3 Å². The molecule has 1 unspecified atom stereocenters. The average Bonchev–Trinajstić information content (AvgIpc) is 3.43. The molecule has 11 nitrogen and oxygen atoms in total. The Morgan fingerprint density at radius 2 is 1.94 bits per heavy atom. The van der Waals surface area contributed by atoms with Crippen LogP contribution in [0, 0.1) is 5.92 Å². The highest BCUT2D eigenvalue weighted by atomic mass is 32.1. The van der Waals surface area contributed by atoms with Crippen LogP contribution in [0.3, 0.4) is 0 Å². The number of hydrogen-bond acceptors (Lipinski definition) is 9. The van der Waals surface area contributed by atoms with Crippen LogP contribution in [-0.2, 0) is 19.1 Å². The number of nitrogens with zero attached hydrogens (tertiary/aromatic N) is 3. The number of nitrogen functional groups attached to an aromatic ring is 1. The van der Waals surface area contributed by atoms with Gasteiger partial charge in [0.2, 0.25) is 5.91 Å². The zero-order valence-corrected chi connectivity index (χ0v) is 19.4. The average molecular weight is 488 g/mol. The summed E-state index contributed by atoms with van der Waals surface area (Å²) in [5.74, 6) is -1.21. The summed E-state index contributed by atoms with van der Waals surface area (Å²) in [5.41, 5.74) is 6.85. The maximum Gasteiger partial charge on any atom is 0.414 e. The fourth-order valence-corrected chi connectivity index (χ4v) is 4.51. The standard InChI is InChI=1S/C22H25N5O6S/c1-2-32-20(30)13-7-8-26(18(28)9-13)14-3-5-15(6-4-14)27-12-16(33-22(27)31)10-24-19(29)17-11-25-21(23)34-17/h3-6,11,13,16H,2,7-10,12H2,1H3,(H2,23,25)(H,24,29)/t13?,16-/m1/s1. The van der Waals surface area contributed by atoms with E-state index in [1.807, 2.05) is 0 Å². The number of piperidine rings is 1. The van der Waals surface area contributed by atoms with Crippen LogP contribution in [0.25, 0.3) is 0 Å². The van der Waals surface area contributed by atoms with Gasteiger partial charge >= 0.3 is 12.1 Å². The lowest BCUT2D eigenvalue weighted by molar-refractivity contribution is -0.150. The van der Waals surface area contributed by atoms with Crippen LogP contribution in [0.1, 0.15) is 29.4 Å². The van der Waals surface area contributed by atoms with Gasteiger partial charge < -0.3 is 25.4 Å². The van der Waals surface area contributed by atoms with Crippen molar-refractivity contribution >= 4 is 51.7 Å². The van der Waals surface area contributed by atoms with E-state index in [2.05, 4.69) is 10.3 Å². The number of aromatic nitrogens is 1. The molecule has 2 atom stereocenters. The van der Waals surface area contributed by atoms with Gasteiger partial charge in [-0.3, -0.25) is 19.3 Å². The molecule has 180 valence electrons. The first kappa shape index (κ1) is 23.5. The Morgan fingerprint density at radius 1 is 1.24 bits per heavy atom. The van der Waals surface area contributed by atoms with Crippen molar-refractivity contribution in [2.75, 3.05) is 41.8 Å². The number of amides is 3. The number of anilines is 3. The van der Waals surface area contributed by atoms with Gasteiger partial charge in [0.15, 0.2) is 5.13 Å². The third-order valence-corrected chi connectivity index (χ3v) is 6.45. The predicted octanol–water partition coefficient (Wildman–Crippen LogP) is 1.79. The van der Waals surface area contributed by atoms with Crippen molar-refractivity contribution in [1.29, 1.82) is 0 Å². The largest absolute Gasteiger partial charge is 0.466 e. The Hall–Kier alpha value is -3.67. The summed E-state index contributed by atoms with van der Waals surface area (Å²) in [4.78, 5) is 56.3. The van der Waals surface area contributed by atoms with Crippen LogP contribution < -0.4 is 20.9 Å². The Kier molecular flexibility index (Phi) is 6.96. The molecule has 2 aliphatic rings. The van der Waals surface area contributed by atoms with Crippen molar-refractivity contribution in [3.05, 3.63) is 35.3 Å². The predicted molar refractivity (Wildman–Crippen MR) is 125 cm³/mol. The molecular weight excluding hydrogens is 462 g/mol. The van der Waals surface area contributed by atoms with Crippen molar-refractivity contribution in [2.24, 2.45) is 5.92 Å². The topological polar surface area (TPSA) is 144 Å². The molecule has 34 heavy (non-hydrogen) atoms. The molecule has 4 rings (SSSR count). The number of benzene rings is 1. The highest BCUT2D eigenvalue weighted by molar-refractivity contribution is 7.17. The fraction of sp³-hybridized carbons (Fsp3) is 0.409. The van der Waals surface area contributed by atoms with Crippen molar-refractivity contribution in [3.8, 4) is 0 Å². The van der Waals surface area contributed by atoms with Crippen LogP contribution in [-0.4, -0.2) is 61.2 Å². The molecule has 0 aliphatic carbocycles. The minimum Gasteiger partial charge on any atom is -0.466 e. The molecule has 2 aliphatic heterocycles. The molecule has 0 radical (unpaired) electrons. The van der Waals surface area contributed by atoms with Gasteiger partial charge in [-0.05, 0) is 37.6 Å². The van der Waals surface area contributed by atoms with Gasteiger partial charge in [0.25, 0.3) is 5.91 Å². The van der Waals surface area contributed by atoms with E-state index in [-0.39, 0.29) is 37.3 Å². The van der Waals surface area contributed by atoms with Gasteiger partial charge in [-0.2, -0.15) is 0 Å². The van der Waals surface area contributed by atoms with Gasteiger partial charge in [0.1, 0.15) is 11.0 Å². The third kappa shape index (κ3) is 5.11. The minimum atomic E-state index is -0.514. The molecule has 0 saturated carbocycles. The minimum absolute atomic E-state index is 0.112. The molecule has 3 N–H and O–H groups in total. The van der Waals surface area contributed by atoms with E-state index in [1.54, 1.807) is 36.1 Å². The number of carbonyl (C=O) groups excluding carboxylic acids is 4. The normalized spacial score (nSPS) is 20.3. The van der Waals surface area contributed by atoms with Gasteiger partial charge in [-0.1, -0.05) is 11.3 Å². The van der Waals surface area contributed by atoms with E-state index in [0.717, 1.165) is 11.3 Å². The summed E-state index contributed by atoms with van der Waals surface area (Å²) in [6.45, 7) is 2.88. The SMILES string of the molecule is CCOC(=O)C1CCN(c2ccc(N3C[C@@H](CNC(=O)c4cnc(N)s4)OC3=O)cc2)C(=O)C1. The zero-order chi connectivity index (χ0) is 24.2.